The van der Waals surface area contributed by atoms with E-state index in [1.165, 1.54) is 19.3 Å². The van der Waals surface area contributed by atoms with Crippen LogP contribution in [0.3, 0.4) is 0 Å². The number of aromatic nitrogens is 1. The zero-order chi connectivity index (χ0) is 12.1. The van der Waals surface area contributed by atoms with E-state index in [9.17, 15) is 0 Å². The maximum absolute atomic E-state index is 5.94. The summed E-state index contributed by atoms with van der Waals surface area (Å²) in [4.78, 5) is 6.66. The number of nitrogen functional groups attached to an aromatic ring is 1. The number of nitrogens with zero attached hydrogens (tertiary/aromatic N) is 2. The molecule has 1 aliphatic rings. The number of methoxy groups -OCH3 is 1. The van der Waals surface area contributed by atoms with E-state index < -0.39 is 0 Å². The second-order valence-electron chi connectivity index (χ2n) is 4.63. The molecule has 2 N–H and O–H groups in total. The molecule has 0 amide bonds. The molecule has 0 unspecified atom stereocenters. The number of ether oxygens (including phenoxy) is 1. The van der Waals surface area contributed by atoms with Gasteiger partial charge in [0.25, 0.3) is 0 Å². The molecular weight excluding hydrogens is 214 g/mol. The van der Waals surface area contributed by atoms with Crippen LogP contribution in [-0.4, -0.2) is 31.8 Å². The van der Waals surface area contributed by atoms with E-state index in [1.54, 1.807) is 7.11 Å². The van der Waals surface area contributed by atoms with E-state index in [1.807, 2.05) is 18.3 Å². The van der Waals surface area contributed by atoms with Crippen molar-refractivity contribution in [2.75, 3.05) is 37.4 Å². The van der Waals surface area contributed by atoms with Crippen molar-refractivity contribution in [1.29, 1.82) is 0 Å². The molecule has 1 aliphatic heterocycles. The Kier molecular flexibility index (Phi) is 4.20. The van der Waals surface area contributed by atoms with E-state index in [0.29, 0.717) is 0 Å². The Balaban J connectivity index is 1.89. The average Bonchev–Trinajstić information content (AvgIpc) is 2.38. The zero-order valence-corrected chi connectivity index (χ0v) is 10.4. The first-order chi connectivity index (χ1) is 8.31. The van der Waals surface area contributed by atoms with Gasteiger partial charge in [0.1, 0.15) is 0 Å². The van der Waals surface area contributed by atoms with Crippen molar-refractivity contribution in [1.82, 2.24) is 4.98 Å². The lowest BCUT2D eigenvalue weighted by atomic mass is 9.94. The van der Waals surface area contributed by atoms with E-state index in [-0.39, 0.29) is 0 Å². The summed E-state index contributed by atoms with van der Waals surface area (Å²) in [6.45, 7) is 2.97. The molecule has 4 nitrogen and oxygen atoms in total. The molecular formula is C13H21N3O. The highest BCUT2D eigenvalue weighted by Crippen LogP contribution is 2.26. The van der Waals surface area contributed by atoms with Crippen molar-refractivity contribution < 1.29 is 4.74 Å². The van der Waals surface area contributed by atoms with E-state index in [2.05, 4.69) is 9.88 Å². The molecule has 0 aromatic carbocycles. The van der Waals surface area contributed by atoms with Crippen molar-refractivity contribution in [3.8, 4) is 0 Å². The summed E-state index contributed by atoms with van der Waals surface area (Å²) in [5, 5.41) is 0. The molecule has 17 heavy (non-hydrogen) atoms. The van der Waals surface area contributed by atoms with Crippen LogP contribution in [0.2, 0.25) is 0 Å². The van der Waals surface area contributed by atoms with Crippen LogP contribution in [0.25, 0.3) is 0 Å². The van der Waals surface area contributed by atoms with Gasteiger partial charge in [-0.25, -0.2) is 4.98 Å². The predicted octanol–water partition coefficient (Wildman–Crippen LogP) is 1.92. The molecule has 4 heteroatoms. The van der Waals surface area contributed by atoms with Crippen molar-refractivity contribution >= 4 is 11.5 Å². The Bertz CT molecular complexity index is 348. The maximum Gasteiger partial charge on any atom is 0.151 e. The summed E-state index contributed by atoms with van der Waals surface area (Å²) in [6, 6.07) is 3.80. The molecule has 94 valence electrons. The van der Waals surface area contributed by atoms with Gasteiger partial charge >= 0.3 is 0 Å². The van der Waals surface area contributed by atoms with Gasteiger partial charge in [-0.3, -0.25) is 0 Å². The number of rotatable bonds is 4. The van der Waals surface area contributed by atoms with Crippen LogP contribution < -0.4 is 10.6 Å². The number of hydrogen-bond donors (Lipinski definition) is 1. The lowest BCUT2D eigenvalue weighted by Crippen LogP contribution is -2.35. The molecule has 0 aliphatic carbocycles. The van der Waals surface area contributed by atoms with Crippen molar-refractivity contribution in [2.45, 2.75) is 19.3 Å². The van der Waals surface area contributed by atoms with Gasteiger partial charge in [-0.05, 0) is 37.3 Å². The maximum atomic E-state index is 5.94. The molecule has 1 fully saturated rings. The van der Waals surface area contributed by atoms with Gasteiger partial charge in [0.05, 0.1) is 5.69 Å². The van der Waals surface area contributed by atoms with E-state index in [4.69, 9.17) is 10.5 Å². The first-order valence-electron chi connectivity index (χ1n) is 6.25. The highest BCUT2D eigenvalue weighted by molar-refractivity contribution is 5.62. The zero-order valence-electron chi connectivity index (χ0n) is 10.4. The molecule has 0 bridgehead atoms. The first kappa shape index (κ1) is 12.2. The molecule has 0 atom stereocenters. The Hall–Kier alpha value is -1.29. The van der Waals surface area contributed by atoms with Gasteiger partial charge < -0.3 is 15.4 Å². The third-order valence-electron chi connectivity index (χ3n) is 3.46. The minimum Gasteiger partial charge on any atom is -0.396 e. The number of pyridine rings is 1. The third-order valence-corrected chi connectivity index (χ3v) is 3.46. The summed E-state index contributed by atoms with van der Waals surface area (Å²) in [5.41, 5.74) is 6.72. The molecule has 1 saturated heterocycles. The van der Waals surface area contributed by atoms with Gasteiger partial charge in [0, 0.05) is 33.0 Å². The summed E-state index contributed by atoms with van der Waals surface area (Å²) >= 11 is 0. The second-order valence-corrected chi connectivity index (χ2v) is 4.63. The lowest BCUT2D eigenvalue weighted by Gasteiger charge is -2.33. The van der Waals surface area contributed by atoms with Gasteiger partial charge in [-0.1, -0.05) is 0 Å². The Labute approximate surface area is 103 Å². The Morgan fingerprint density at radius 1 is 1.47 bits per heavy atom. The molecule has 1 aromatic heterocycles. The topological polar surface area (TPSA) is 51.4 Å². The second kappa shape index (κ2) is 5.87. The van der Waals surface area contributed by atoms with Crippen LogP contribution in [0.15, 0.2) is 18.3 Å². The van der Waals surface area contributed by atoms with Gasteiger partial charge in [0.2, 0.25) is 0 Å². The standard InChI is InChI=1S/C13H21N3O/c1-17-10-6-11-4-8-16(9-5-11)13-12(14)3-2-7-15-13/h2-3,7,11H,4-6,8-10,14H2,1H3. The summed E-state index contributed by atoms with van der Waals surface area (Å²) in [6.07, 6.45) is 5.39. The summed E-state index contributed by atoms with van der Waals surface area (Å²) in [7, 11) is 1.77. The van der Waals surface area contributed by atoms with Crippen molar-refractivity contribution in [2.24, 2.45) is 5.92 Å². The molecule has 1 aromatic rings. The minimum absolute atomic E-state index is 0.780. The highest BCUT2D eigenvalue weighted by Gasteiger charge is 2.20. The van der Waals surface area contributed by atoms with Crippen LogP contribution in [-0.2, 0) is 4.74 Å². The summed E-state index contributed by atoms with van der Waals surface area (Å²) < 4.78 is 5.13. The van der Waals surface area contributed by atoms with Gasteiger partial charge in [-0.15, -0.1) is 0 Å². The fourth-order valence-corrected chi connectivity index (χ4v) is 2.39. The number of hydrogen-bond acceptors (Lipinski definition) is 4. The SMILES string of the molecule is COCCC1CCN(c2ncccc2N)CC1. The molecule has 0 radical (unpaired) electrons. The van der Waals surface area contributed by atoms with Crippen LogP contribution in [0, 0.1) is 5.92 Å². The summed E-state index contributed by atoms with van der Waals surface area (Å²) in [5.74, 6) is 1.73. The lowest BCUT2D eigenvalue weighted by molar-refractivity contribution is 0.170. The quantitative estimate of drug-likeness (QED) is 0.866. The largest absolute Gasteiger partial charge is 0.396 e. The van der Waals surface area contributed by atoms with Crippen LogP contribution in [0.5, 0.6) is 0 Å². The molecule has 2 heterocycles. The number of anilines is 2. The highest BCUT2D eigenvalue weighted by atomic mass is 16.5. The van der Waals surface area contributed by atoms with Crippen molar-refractivity contribution in [3.05, 3.63) is 18.3 Å². The van der Waals surface area contributed by atoms with Crippen LogP contribution in [0.1, 0.15) is 19.3 Å². The Morgan fingerprint density at radius 3 is 2.88 bits per heavy atom. The number of nitrogens with two attached hydrogens (primary N) is 1. The molecule has 2 rings (SSSR count). The van der Waals surface area contributed by atoms with E-state index >= 15 is 0 Å². The fraction of sp³-hybridized carbons (Fsp3) is 0.615. The molecule has 0 spiro atoms. The smallest absolute Gasteiger partial charge is 0.151 e. The average molecular weight is 235 g/mol. The minimum atomic E-state index is 0.780. The number of piperidine rings is 1. The predicted molar refractivity (Wildman–Crippen MR) is 70.1 cm³/mol. The van der Waals surface area contributed by atoms with Gasteiger partial charge in [-0.2, -0.15) is 0 Å². The first-order valence-corrected chi connectivity index (χ1v) is 6.25. The van der Waals surface area contributed by atoms with Crippen LogP contribution >= 0.6 is 0 Å². The van der Waals surface area contributed by atoms with E-state index in [0.717, 1.165) is 37.1 Å². The fourth-order valence-electron chi connectivity index (χ4n) is 2.39. The normalized spacial score (nSPS) is 17.4. The molecule has 0 saturated carbocycles. The van der Waals surface area contributed by atoms with Crippen molar-refractivity contribution in [3.63, 3.8) is 0 Å². The monoisotopic (exact) mass is 235 g/mol. The third kappa shape index (κ3) is 3.09. The Morgan fingerprint density at radius 2 is 2.24 bits per heavy atom. The van der Waals surface area contributed by atoms with Gasteiger partial charge in [0.15, 0.2) is 5.82 Å². The van der Waals surface area contributed by atoms with Crippen LogP contribution in [0.4, 0.5) is 11.5 Å².